The Hall–Kier alpha value is -4.60. The van der Waals surface area contributed by atoms with Crippen LogP contribution in [0.1, 0.15) is 16.2 Å². The van der Waals surface area contributed by atoms with E-state index in [-0.39, 0.29) is 11.3 Å². The van der Waals surface area contributed by atoms with Crippen molar-refractivity contribution in [3.05, 3.63) is 66.3 Å². The summed E-state index contributed by atoms with van der Waals surface area (Å²) >= 11 is 0. The number of ether oxygens (including phenoxy) is 1. The van der Waals surface area contributed by atoms with E-state index in [0.29, 0.717) is 45.7 Å². The molecule has 0 unspecified atom stereocenters. The lowest BCUT2D eigenvalue weighted by atomic mass is 10.1. The van der Waals surface area contributed by atoms with Crippen molar-refractivity contribution in [2.24, 2.45) is 0 Å². The molecule has 2 N–H and O–H groups in total. The minimum atomic E-state index is -1.13. The SMILES string of the molecule is Cc1nc(-c2ccc(Oc3cc4nc(-c5ccccn5)[nH]c4cc3C(=O)O)cn2)no1. The van der Waals surface area contributed by atoms with Gasteiger partial charge in [-0.1, -0.05) is 11.2 Å². The Morgan fingerprint density at radius 2 is 2.00 bits per heavy atom. The van der Waals surface area contributed by atoms with E-state index >= 15 is 0 Å². The summed E-state index contributed by atoms with van der Waals surface area (Å²) in [4.78, 5) is 32.0. The van der Waals surface area contributed by atoms with E-state index in [9.17, 15) is 9.90 Å². The Labute approximate surface area is 174 Å². The Morgan fingerprint density at radius 1 is 1.10 bits per heavy atom. The molecule has 0 aliphatic carbocycles. The summed E-state index contributed by atoms with van der Waals surface area (Å²) in [7, 11) is 0. The largest absolute Gasteiger partial charge is 0.478 e. The molecule has 152 valence electrons. The molecule has 0 atom stereocenters. The minimum absolute atomic E-state index is 0.0124. The van der Waals surface area contributed by atoms with Gasteiger partial charge in [0.05, 0.1) is 17.2 Å². The monoisotopic (exact) mass is 414 g/mol. The summed E-state index contributed by atoms with van der Waals surface area (Å²) < 4.78 is 10.8. The Bertz CT molecular complexity index is 1390. The zero-order valence-electron chi connectivity index (χ0n) is 16.1. The van der Waals surface area contributed by atoms with Crippen LogP contribution in [0.5, 0.6) is 11.5 Å². The molecule has 4 aromatic heterocycles. The van der Waals surface area contributed by atoms with Crippen molar-refractivity contribution >= 4 is 17.0 Å². The molecule has 0 bridgehead atoms. The fourth-order valence-corrected chi connectivity index (χ4v) is 3.02. The number of aryl methyl sites for hydroxylation is 1. The second kappa shape index (κ2) is 7.34. The van der Waals surface area contributed by atoms with Gasteiger partial charge in [0.15, 0.2) is 5.82 Å². The number of imidazole rings is 1. The number of aromatic nitrogens is 6. The predicted molar refractivity (Wildman–Crippen MR) is 109 cm³/mol. The standard InChI is InChI=1S/C21H14N6O4/c1-11-24-20(27-31-11)15-6-5-12(10-23-15)30-18-9-17-16(8-13(18)21(28)29)25-19(26-17)14-4-2-3-7-22-14/h2-10H,1H3,(H,25,26)(H,28,29). The number of aromatic amines is 1. The summed E-state index contributed by atoms with van der Waals surface area (Å²) in [5, 5.41) is 13.5. The molecule has 10 nitrogen and oxygen atoms in total. The van der Waals surface area contributed by atoms with E-state index in [1.54, 1.807) is 37.4 Å². The van der Waals surface area contributed by atoms with Gasteiger partial charge in [-0.15, -0.1) is 0 Å². The number of nitrogens with zero attached hydrogens (tertiary/aromatic N) is 5. The van der Waals surface area contributed by atoms with E-state index in [0.717, 1.165) is 0 Å². The topological polar surface area (TPSA) is 140 Å². The predicted octanol–water partition coefficient (Wildman–Crippen LogP) is 3.87. The number of hydrogen-bond donors (Lipinski definition) is 2. The number of aromatic carboxylic acids is 1. The van der Waals surface area contributed by atoms with Crippen LogP contribution in [0.2, 0.25) is 0 Å². The fourth-order valence-electron chi connectivity index (χ4n) is 3.02. The van der Waals surface area contributed by atoms with Crippen molar-refractivity contribution in [3.63, 3.8) is 0 Å². The Balaban J connectivity index is 1.49. The van der Waals surface area contributed by atoms with Gasteiger partial charge in [0.2, 0.25) is 11.7 Å². The highest BCUT2D eigenvalue weighted by atomic mass is 16.5. The average molecular weight is 414 g/mol. The van der Waals surface area contributed by atoms with Crippen LogP contribution >= 0.6 is 0 Å². The molecule has 4 heterocycles. The number of carbonyl (C=O) groups is 1. The lowest BCUT2D eigenvalue weighted by molar-refractivity contribution is 0.0694. The van der Waals surface area contributed by atoms with Crippen LogP contribution in [-0.2, 0) is 0 Å². The zero-order chi connectivity index (χ0) is 21.4. The maximum atomic E-state index is 11.8. The molecule has 0 radical (unpaired) electrons. The first-order chi connectivity index (χ1) is 15.1. The Kier molecular flexibility index (Phi) is 4.36. The number of carboxylic acids is 1. The van der Waals surface area contributed by atoms with Crippen LogP contribution in [0.25, 0.3) is 34.1 Å². The number of fused-ring (bicyclic) bond motifs is 1. The van der Waals surface area contributed by atoms with Gasteiger partial charge in [-0.05, 0) is 30.3 Å². The number of pyridine rings is 2. The summed E-state index contributed by atoms with van der Waals surface area (Å²) in [5.74, 6) is 0.689. The third kappa shape index (κ3) is 3.57. The van der Waals surface area contributed by atoms with Crippen LogP contribution in [0.4, 0.5) is 0 Å². The quantitative estimate of drug-likeness (QED) is 0.438. The fraction of sp³-hybridized carbons (Fsp3) is 0.0476. The van der Waals surface area contributed by atoms with E-state index in [4.69, 9.17) is 9.26 Å². The molecule has 0 spiro atoms. The third-order valence-electron chi connectivity index (χ3n) is 4.44. The summed E-state index contributed by atoms with van der Waals surface area (Å²) in [6.07, 6.45) is 3.12. The van der Waals surface area contributed by atoms with Crippen LogP contribution in [0.3, 0.4) is 0 Å². The van der Waals surface area contributed by atoms with Crippen molar-refractivity contribution in [1.82, 2.24) is 30.1 Å². The molecule has 0 saturated carbocycles. The van der Waals surface area contributed by atoms with Gasteiger partial charge in [-0.3, -0.25) is 4.98 Å². The molecule has 0 saturated heterocycles. The van der Waals surface area contributed by atoms with E-state index < -0.39 is 5.97 Å². The highest BCUT2D eigenvalue weighted by molar-refractivity contribution is 5.96. The van der Waals surface area contributed by atoms with Crippen molar-refractivity contribution < 1.29 is 19.2 Å². The van der Waals surface area contributed by atoms with Gasteiger partial charge in [0, 0.05) is 19.2 Å². The molecule has 0 aliphatic heterocycles. The summed E-state index contributed by atoms with van der Waals surface area (Å²) in [6.45, 7) is 1.69. The second-order valence-electron chi connectivity index (χ2n) is 6.59. The van der Waals surface area contributed by atoms with Crippen LogP contribution in [-0.4, -0.2) is 41.2 Å². The van der Waals surface area contributed by atoms with Crippen molar-refractivity contribution in [2.75, 3.05) is 0 Å². The van der Waals surface area contributed by atoms with Gasteiger partial charge in [0.25, 0.3) is 0 Å². The first kappa shape index (κ1) is 18.4. The lowest BCUT2D eigenvalue weighted by Gasteiger charge is -2.08. The summed E-state index contributed by atoms with van der Waals surface area (Å²) in [5.41, 5.74) is 2.25. The molecule has 10 heteroatoms. The molecule has 31 heavy (non-hydrogen) atoms. The van der Waals surface area contributed by atoms with Crippen molar-refractivity contribution in [1.29, 1.82) is 0 Å². The zero-order valence-corrected chi connectivity index (χ0v) is 16.1. The molecule has 1 aromatic carbocycles. The lowest BCUT2D eigenvalue weighted by Crippen LogP contribution is -2.00. The van der Waals surface area contributed by atoms with Crippen molar-refractivity contribution in [3.8, 4) is 34.5 Å². The minimum Gasteiger partial charge on any atom is -0.478 e. The maximum Gasteiger partial charge on any atom is 0.339 e. The van der Waals surface area contributed by atoms with Gasteiger partial charge in [0.1, 0.15) is 28.5 Å². The third-order valence-corrected chi connectivity index (χ3v) is 4.44. The van der Waals surface area contributed by atoms with Crippen LogP contribution in [0.15, 0.2) is 59.4 Å². The first-order valence-electron chi connectivity index (χ1n) is 9.20. The van der Waals surface area contributed by atoms with Crippen LogP contribution < -0.4 is 4.74 Å². The Morgan fingerprint density at radius 3 is 2.68 bits per heavy atom. The number of H-pyrrole nitrogens is 1. The number of nitrogens with one attached hydrogen (secondary N) is 1. The van der Waals surface area contributed by atoms with E-state index in [1.807, 2.05) is 12.1 Å². The molecular weight excluding hydrogens is 400 g/mol. The first-order valence-corrected chi connectivity index (χ1v) is 9.20. The molecule has 0 aliphatic rings. The second-order valence-corrected chi connectivity index (χ2v) is 6.59. The number of benzene rings is 1. The molecule has 0 amide bonds. The molecule has 5 rings (SSSR count). The summed E-state index contributed by atoms with van der Waals surface area (Å²) in [6, 6.07) is 11.8. The number of rotatable bonds is 5. The highest BCUT2D eigenvalue weighted by Crippen LogP contribution is 2.31. The molecule has 5 aromatic rings. The van der Waals surface area contributed by atoms with Gasteiger partial charge in [-0.25, -0.2) is 14.8 Å². The van der Waals surface area contributed by atoms with Gasteiger partial charge >= 0.3 is 5.97 Å². The average Bonchev–Trinajstić information content (AvgIpc) is 3.40. The normalized spacial score (nSPS) is 11.0. The molecular formula is C21H14N6O4. The molecule has 0 fully saturated rings. The maximum absolute atomic E-state index is 11.8. The van der Waals surface area contributed by atoms with Crippen molar-refractivity contribution in [2.45, 2.75) is 6.92 Å². The van der Waals surface area contributed by atoms with E-state index in [1.165, 1.54) is 12.3 Å². The van der Waals surface area contributed by atoms with Gasteiger partial charge < -0.3 is 19.4 Å². The van der Waals surface area contributed by atoms with Crippen LogP contribution in [0, 0.1) is 6.92 Å². The van der Waals surface area contributed by atoms with E-state index in [2.05, 4.69) is 30.1 Å². The smallest absolute Gasteiger partial charge is 0.339 e. The number of hydrogen-bond acceptors (Lipinski definition) is 8. The number of carboxylic acid groups (broad SMARTS) is 1. The highest BCUT2D eigenvalue weighted by Gasteiger charge is 2.17. The van der Waals surface area contributed by atoms with Gasteiger partial charge in [-0.2, -0.15) is 4.98 Å².